The molecule has 1 rings (SSSR count). The van der Waals surface area contributed by atoms with E-state index in [1.54, 1.807) is 0 Å². The Morgan fingerprint density at radius 2 is 2.00 bits per heavy atom. The summed E-state index contributed by atoms with van der Waals surface area (Å²) in [4.78, 5) is 11.1. The van der Waals surface area contributed by atoms with Gasteiger partial charge < -0.3 is 18.3 Å². The highest BCUT2D eigenvalue weighted by atomic mass is 35.5. The minimum Gasteiger partial charge on any atom is -0.445 e. The largest absolute Gasteiger partial charge is 0.511 e. The van der Waals surface area contributed by atoms with Gasteiger partial charge in [-0.05, 0) is 6.07 Å². The van der Waals surface area contributed by atoms with E-state index >= 15 is 0 Å². The predicted octanol–water partition coefficient (Wildman–Crippen LogP) is 1.75. The van der Waals surface area contributed by atoms with Crippen LogP contribution in [0.15, 0.2) is 18.2 Å². The second kappa shape index (κ2) is 4.14. The number of amides is 1. The average Bonchev–Trinajstić information content (AvgIpc) is 2.14. The molecule has 0 aromatic heterocycles. The minimum atomic E-state index is -5.14. The van der Waals surface area contributed by atoms with Crippen LogP contribution in [-0.2, 0) is 0 Å². The number of halogens is 4. The summed E-state index contributed by atoms with van der Waals surface area (Å²) >= 11 is 5.43. The smallest absolute Gasteiger partial charge is 0.445 e. The van der Waals surface area contributed by atoms with Crippen LogP contribution in [0, 0.1) is 0 Å². The van der Waals surface area contributed by atoms with Crippen molar-refractivity contribution in [2.24, 2.45) is 0 Å². The maximum Gasteiger partial charge on any atom is 0.511 e. The second-order valence-electron chi connectivity index (χ2n) is 2.89. The van der Waals surface area contributed by atoms with Crippen molar-refractivity contribution in [3.8, 4) is 0 Å². The van der Waals surface area contributed by atoms with Crippen LogP contribution in [-0.4, -0.2) is 19.9 Å². The van der Waals surface area contributed by atoms with E-state index in [-0.39, 0.29) is 5.56 Å². The third kappa shape index (κ3) is 2.65. The maximum atomic E-state index is 12.3. The van der Waals surface area contributed by atoms with Crippen LogP contribution in [0.2, 0.25) is 5.02 Å². The number of nitrogens with one attached hydrogen (secondary N) is 1. The zero-order valence-corrected chi connectivity index (χ0v) is 8.49. The van der Waals surface area contributed by atoms with Gasteiger partial charge in [-0.3, -0.25) is 4.79 Å². The summed E-state index contributed by atoms with van der Waals surface area (Å²) in [6.07, 6.45) is 0. The van der Waals surface area contributed by atoms with Gasteiger partial charge in [0.2, 0.25) is 0 Å². The molecule has 0 heterocycles. The molecule has 1 aromatic carbocycles. The topological polar surface area (TPSA) is 29.1 Å². The number of carbonyl (C=O) groups excluding carboxylic acids is 1. The summed E-state index contributed by atoms with van der Waals surface area (Å²) < 4.78 is 37.0. The Bertz CT molecular complexity index is 394. The lowest BCUT2D eigenvalue weighted by Crippen LogP contribution is -2.35. The minimum absolute atomic E-state index is 0.103. The van der Waals surface area contributed by atoms with Crippen LogP contribution in [0.3, 0.4) is 0 Å². The molecular weight excluding hydrogens is 229 g/mol. The third-order valence-electron chi connectivity index (χ3n) is 1.84. The van der Waals surface area contributed by atoms with E-state index in [4.69, 9.17) is 11.6 Å². The molecule has 0 radical (unpaired) electrons. The van der Waals surface area contributed by atoms with Crippen molar-refractivity contribution in [3.05, 3.63) is 28.8 Å². The molecule has 0 unspecified atom stereocenters. The zero-order chi connectivity index (χ0) is 11.6. The number of hydrogen-bond acceptors (Lipinski definition) is 1. The molecule has 0 fully saturated rings. The second-order valence-corrected chi connectivity index (χ2v) is 3.30. The molecule has 0 aliphatic carbocycles. The van der Waals surface area contributed by atoms with Gasteiger partial charge in [0.15, 0.2) is 0 Å². The Morgan fingerprint density at radius 3 is 2.40 bits per heavy atom. The lowest BCUT2D eigenvalue weighted by atomic mass is 9.80. The Morgan fingerprint density at radius 1 is 1.40 bits per heavy atom. The van der Waals surface area contributed by atoms with E-state index in [0.29, 0.717) is 0 Å². The first-order valence-electron chi connectivity index (χ1n) is 4.07. The van der Waals surface area contributed by atoms with E-state index in [9.17, 15) is 17.7 Å². The summed E-state index contributed by atoms with van der Waals surface area (Å²) in [5, 5.41) is 1.84. The van der Waals surface area contributed by atoms with Crippen molar-refractivity contribution in [2.45, 2.75) is 0 Å². The van der Waals surface area contributed by atoms with Gasteiger partial charge >= 0.3 is 6.98 Å². The molecule has 1 N–H and O–H groups in total. The van der Waals surface area contributed by atoms with Gasteiger partial charge in [0.25, 0.3) is 5.91 Å². The Hall–Kier alpha value is -1.17. The summed E-state index contributed by atoms with van der Waals surface area (Å²) in [7, 11) is 1.39. The normalized spacial score (nSPS) is 11.3. The van der Waals surface area contributed by atoms with Crippen LogP contribution in [0.4, 0.5) is 12.9 Å². The highest BCUT2D eigenvalue weighted by Gasteiger charge is 2.28. The fraction of sp³-hybridized carbons (Fsp3) is 0.125. The Balaban J connectivity index is 3.15. The molecule has 82 valence electrons. The Kier molecular flexibility index (Phi) is 3.29. The molecule has 0 aliphatic heterocycles. The highest BCUT2D eigenvalue weighted by Crippen LogP contribution is 2.17. The monoisotopic (exact) mass is 236 g/mol. The number of carbonyl (C=O) groups is 1. The fourth-order valence-electron chi connectivity index (χ4n) is 1.08. The van der Waals surface area contributed by atoms with Crippen LogP contribution in [0.25, 0.3) is 0 Å². The molecule has 0 spiro atoms. The van der Waals surface area contributed by atoms with Gasteiger partial charge in [0.1, 0.15) is 0 Å². The number of rotatable bonds is 2. The molecule has 15 heavy (non-hydrogen) atoms. The summed E-state index contributed by atoms with van der Waals surface area (Å²) in [6.45, 7) is -5.14. The van der Waals surface area contributed by atoms with Crippen molar-refractivity contribution >= 4 is 29.9 Å². The first-order valence-corrected chi connectivity index (χ1v) is 4.45. The summed E-state index contributed by atoms with van der Waals surface area (Å²) in [6, 6.07) is 2.91. The molecule has 2 nitrogen and oxygen atoms in total. The number of benzene rings is 1. The molecule has 0 atom stereocenters. The van der Waals surface area contributed by atoms with Crippen molar-refractivity contribution in [2.75, 3.05) is 7.05 Å². The van der Waals surface area contributed by atoms with E-state index in [2.05, 4.69) is 5.32 Å². The molecule has 0 saturated heterocycles. The molecule has 0 aliphatic rings. The van der Waals surface area contributed by atoms with Crippen LogP contribution >= 0.6 is 11.6 Å². The van der Waals surface area contributed by atoms with Crippen molar-refractivity contribution in [1.29, 1.82) is 0 Å². The standard InChI is InChI=1S/C8H7BClF3NO/c1-14-8(15)5-2-3-6(7(10)4-5)9(11,12)13/h2-4H,1H3,(H,14,15)/q-1. The predicted molar refractivity (Wildman–Crippen MR) is 53.6 cm³/mol. The van der Waals surface area contributed by atoms with E-state index in [1.807, 2.05) is 0 Å². The van der Waals surface area contributed by atoms with Gasteiger partial charge in [-0.2, -0.15) is 0 Å². The van der Waals surface area contributed by atoms with E-state index in [1.165, 1.54) is 7.05 Å². The van der Waals surface area contributed by atoms with Gasteiger partial charge in [-0.25, -0.2) is 0 Å². The zero-order valence-electron chi connectivity index (χ0n) is 7.73. The molecule has 0 bridgehead atoms. The van der Waals surface area contributed by atoms with Crippen LogP contribution < -0.4 is 10.8 Å². The first kappa shape index (κ1) is 11.9. The van der Waals surface area contributed by atoms with Gasteiger partial charge in [-0.1, -0.05) is 29.2 Å². The molecule has 0 saturated carbocycles. The average molecular weight is 236 g/mol. The fourth-order valence-corrected chi connectivity index (χ4v) is 1.38. The summed E-state index contributed by atoms with van der Waals surface area (Å²) in [5.74, 6) is -0.474. The van der Waals surface area contributed by atoms with Crippen molar-refractivity contribution < 1.29 is 17.7 Å². The lowest BCUT2D eigenvalue weighted by Gasteiger charge is -2.16. The Labute approximate surface area is 89.5 Å². The van der Waals surface area contributed by atoms with Crippen molar-refractivity contribution in [1.82, 2.24) is 5.32 Å². The summed E-state index contributed by atoms with van der Waals surface area (Å²) in [5.41, 5.74) is -0.782. The van der Waals surface area contributed by atoms with Crippen molar-refractivity contribution in [3.63, 3.8) is 0 Å². The van der Waals surface area contributed by atoms with E-state index in [0.717, 1.165) is 18.2 Å². The van der Waals surface area contributed by atoms with Crippen LogP contribution in [0.1, 0.15) is 10.4 Å². The molecule has 1 amide bonds. The van der Waals surface area contributed by atoms with Gasteiger partial charge in [-0.15, -0.1) is 0 Å². The maximum absolute atomic E-state index is 12.3. The van der Waals surface area contributed by atoms with E-state index < -0.39 is 23.4 Å². The SMILES string of the molecule is CNC(=O)c1ccc([B-](F)(F)F)c(Cl)c1. The van der Waals surface area contributed by atoms with Gasteiger partial charge in [0.05, 0.1) is 0 Å². The van der Waals surface area contributed by atoms with Crippen LogP contribution in [0.5, 0.6) is 0 Å². The lowest BCUT2D eigenvalue weighted by molar-refractivity contribution is 0.0963. The molecular formula is C8H7BClF3NO-. The highest BCUT2D eigenvalue weighted by molar-refractivity contribution is 6.76. The molecule has 7 heteroatoms. The number of hydrogen-bond donors (Lipinski definition) is 1. The first-order chi connectivity index (χ1) is 6.86. The molecule has 1 aromatic rings. The third-order valence-corrected chi connectivity index (χ3v) is 2.17. The van der Waals surface area contributed by atoms with Gasteiger partial charge in [0, 0.05) is 17.6 Å². The quantitative estimate of drug-likeness (QED) is 0.779.